The largest absolute Gasteiger partial charge is 0.452 e. The lowest BCUT2D eigenvalue weighted by Gasteiger charge is -1.88. The summed E-state index contributed by atoms with van der Waals surface area (Å²) in [6.07, 6.45) is 3.45. The van der Waals surface area contributed by atoms with Crippen molar-refractivity contribution < 1.29 is 4.42 Å². The van der Waals surface area contributed by atoms with Crippen LogP contribution in [-0.2, 0) is 6.42 Å². The molecule has 2 rings (SSSR count). The summed E-state index contributed by atoms with van der Waals surface area (Å²) in [7, 11) is 0. The highest BCUT2D eigenvalue weighted by atomic mass is 35.5. The average Bonchev–Trinajstić information content (AvgIpc) is 2.74. The van der Waals surface area contributed by atoms with E-state index >= 15 is 0 Å². The molecule has 0 radical (unpaired) electrons. The van der Waals surface area contributed by atoms with Gasteiger partial charge in [0.15, 0.2) is 5.82 Å². The summed E-state index contributed by atoms with van der Waals surface area (Å²) >= 11 is 5.80. The lowest BCUT2D eigenvalue weighted by molar-refractivity contribution is 0.570. The maximum absolute atomic E-state index is 5.80. The summed E-state index contributed by atoms with van der Waals surface area (Å²) in [5.74, 6) is 1.46. The normalized spacial score (nSPS) is 10.7. The van der Waals surface area contributed by atoms with E-state index in [0.717, 1.165) is 24.2 Å². The summed E-state index contributed by atoms with van der Waals surface area (Å²) < 4.78 is 4.96. The average molecular weight is 212 g/mol. The molecule has 2 aromatic rings. The second-order valence-corrected chi connectivity index (χ2v) is 3.31. The lowest BCUT2D eigenvalue weighted by atomic mass is 10.3. The van der Waals surface area contributed by atoms with Crippen LogP contribution in [0.15, 0.2) is 16.7 Å². The quantitative estimate of drug-likeness (QED) is 0.849. The van der Waals surface area contributed by atoms with E-state index in [4.69, 9.17) is 16.0 Å². The Morgan fingerprint density at radius 2 is 2.43 bits per heavy atom. The van der Waals surface area contributed by atoms with Crippen LogP contribution in [0.5, 0.6) is 0 Å². The summed E-state index contributed by atoms with van der Waals surface area (Å²) in [6.45, 7) is 2.09. The maximum Gasteiger partial charge on any atom is 0.204 e. The minimum absolute atomic E-state index is 0.326. The second-order valence-electron chi connectivity index (χ2n) is 2.96. The van der Waals surface area contributed by atoms with E-state index in [1.54, 1.807) is 6.07 Å². The Labute approximate surface area is 86.3 Å². The predicted molar refractivity (Wildman–Crippen MR) is 53.1 cm³/mol. The van der Waals surface area contributed by atoms with Gasteiger partial charge in [-0.25, -0.2) is 4.98 Å². The van der Waals surface area contributed by atoms with Crippen LogP contribution >= 0.6 is 11.6 Å². The molecule has 0 saturated heterocycles. The molecule has 0 amide bonds. The molecule has 2 heterocycles. The van der Waals surface area contributed by atoms with Gasteiger partial charge in [-0.05, 0) is 24.1 Å². The van der Waals surface area contributed by atoms with Crippen molar-refractivity contribution in [1.82, 2.24) is 15.2 Å². The van der Waals surface area contributed by atoms with Gasteiger partial charge in [0.05, 0.1) is 11.8 Å². The number of nitrogens with zero attached hydrogens (tertiary/aromatic N) is 2. The number of halogens is 1. The molecular weight excluding hydrogens is 202 g/mol. The summed E-state index contributed by atoms with van der Waals surface area (Å²) in [5.41, 5.74) is 0.727. The fraction of sp³-hybridized carbons (Fsp3) is 0.333. The first-order chi connectivity index (χ1) is 6.81. The number of aromatic amines is 1. The van der Waals surface area contributed by atoms with Crippen LogP contribution in [0.2, 0.25) is 5.22 Å². The summed E-state index contributed by atoms with van der Waals surface area (Å²) in [5, 5.41) is 7.24. The third-order valence-electron chi connectivity index (χ3n) is 1.88. The van der Waals surface area contributed by atoms with E-state index < -0.39 is 0 Å². The van der Waals surface area contributed by atoms with Crippen LogP contribution in [-0.4, -0.2) is 15.2 Å². The van der Waals surface area contributed by atoms with E-state index in [9.17, 15) is 0 Å². The lowest BCUT2D eigenvalue weighted by Crippen LogP contribution is -1.85. The van der Waals surface area contributed by atoms with Crippen molar-refractivity contribution in [2.24, 2.45) is 0 Å². The topological polar surface area (TPSA) is 54.7 Å². The number of aromatic nitrogens is 3. The molecule has 2 aromatic heterocycles. The molecule has 0 unspecified atom stereocenters. The highest BCUT2D eigenvalue weighted by molar-refractivity contribution is 6.31. The van der Waals surface area contributed by atoms with Gasteiger partial charge in [0.2, 0.25) is 5.22 Å². The molecule has 0 fully saturated rings. The van der Waals surface area contributed by atoms with E-state index in [1.165, 1.54) is 6.26 Å². The molecule has 0 atom stereocenters. The Morgan fingerprint density at radius 1 is 1.57 bits per heavy atom. The van der Waals surface area contributed by atoms with Crippen LogP contribution in [0.1, 0.15) is 19.2 Å². The van der Waals surface area contributed by atoms with Gasteiger partial charge < -0.3 is 4.42 Å². The first kappa shape index (κ1) is 9.27. The molecule has 0 saturated carbocycles. The van der Waals surface area contributed by atoms with E-state index in [0.29, 0.717) is 11.0 Å². The second kappa shape index (κ2) is 3.84. The predicted octanol–water partition coefficient (Wildman–Crippen LogP) is 2.67. The highest BCUT2D eigenvalue weighted by Crippen LogP contribution is 2.25. The first-order valence-electron chi connectivity index (χ1n) is 4.46. The van der Waals surface area contributed by atoms with Crippen LogP contribution in [0.25, 0.3) is 11.4 Å². The van der Waals surface area contributed by atoms with Gasteiger partial charge in [-0.2, -0.15) is 5.10 Å². The van der Waals surface area contributed by atoms with Crippen molar-refractivity contribution in [3.63, 3.8) is 0 Å². The molecule has 1 N–H and O–H groups in total. The van der Waals surface area contributed by atoms with Gasteiger partial charge in [0, 0.05) is 6.42 Å². The molecule has 0 spiro atoms. The molecule has 74 valence electrons. The Kier molecular flexibility index (Phi) is 2.54. The number of hydrogen-bond acceptors (Lipinski definition) is 3. The number of hydrogen-bond donors (Lipinski definition) is 1. The van der Waals surface area contributed by atoms with E-state index in [-0.39, 0.29) is 0 Å². The Hall–Kier alpha value is -1.29. The summed E-state index contributed by atoms with van der Waals surface area (Å²) in [4.78, 5) is 4.29. The molecular formula is C9H10ClN3O. The van der Waals surface area contributed by atoms with Crippen molar-refractivity contribution in [2.45, 2.75) is 19.8 Å². The zero-order valence-electron chi connectivity index (χ0n) is 7.75. The minimum Gasteiger partial charge on any atom is -0.452 e. The molecule has 0 aromatic carbocycles. The van der Waals surface area contributed by atoms with Gasteiger partial charge in [-0.3, -0.25) is 5.10 Å². The van der Waals surface area contributed by atoms with Crippen molar-refractivity contribution >= 4 is 11.6 Å². The standard InChI is InChI=1S/C9H10ClN3O/c1-2-3-7-11-9(13-12-7)6-4-5-14-8(6)10/h4-5H,2-3H2,1H3,(H,11,12,13). The van der Waals surface area contributed by atoms with Crippen LogP contribution < -0.4 is 0 Å². The fourth-order valence-electron chi connectivity index (χ4n) is 1.22. The Bertz CT molecular complexity index is 421. The molecule has 0 bridgehead atoms. The first-order valence-corrected chi connectivity index (χ1v) is 4.83. The van der Waals surface area contributed by atoms with Gasteiger partial charge in [-0.15, -0.1) is 0 Å². The SMILES string of the molecule is CCCc1nc(-c2ccoc2Cl)n[nH]1. The molecule has 0 aliphatic carbocycles. The van der Waals surface area contributed by atoms with Crippen molar-refractivity contribution in [3.05, 3.63) is 23.4 Å². The number of furan rings is 1. The monoisotopic (exact) mass is 211 g/mol. The van der Waals surface area contributed by atoms with Crippen LogP contribution in [0, 0.1) is 0 Å². The van der Waals surface area contributed by atoms with Gasteiger partial charge >= 0.3 is 0 Å². The molecule has 0 aliphatic heterocycles. The number of nitrogens with one attached hydrogen (secondary N) is 1. The Balaban J connectivity index is 2.29. The number of rotatable bonds is 3. The van der Waals surface area contributed by atoms with Gasteiger partial charge in [0.1, 0.15) is 5.82 Å². The van der Waals surface area contributed by atoms with Gasteiger partial charge in [0.25, 0.3) is 0 Å². The Morgan fingerprint density at radius 3 is 3.07 bits per heavy atom. The number of aryl methyl sites for hydroxylation is 1. The molecule has 5 heteroatoms. The van der Waals surface area contributed by atoms with Crippen molar-refractivity contribution in [1.29, 1.82) is 0 Å². The number of H-pyrrole nitrogens is 1. The van der Waals surface area contributed by atoms with Crippen LogP contribution in [0.3, 0.4) is 0 Å². The molecule has 0 aliphatic rings. The van der Waals surface area contributed by atoms with Crippen molar-refractivity contribution in [3.8, 4) is 11.4 Å². The zero-order valence-corrected chi connectivity index (χ0v) is 8.51. The minimum atomic E-state index is 0.326. The van der Waals surface area contributed by atoms with E-state index in [2.05, 4.69) is 22.1 Å². The van der Waals surface area contributed by atoms with E-state index in [1.807, 2.05) is 0 Å². The third kappa shape index (κ3) is 1.65. The van der Waals surface area contributed by atoms with Gasteiger partial charge in [-0.1, -0.05) is 6.92 Å². The van der Waals surface area contributed by atoms with Crippen molar-refractivity contribution in [2.75, 3.05) is 0 Å². The smallest absolute Gasteiger partial charge is 0.204 e. The zero-order chi connectivity index (χ0) is 9.97. The van der Waals surface area contributed by atoms with Crippen LogP contribution in [0.4, 0.5) is 0 Å². The third-order valence-corrected chi connectivity index (χ3v) is 2.17. The highest BCUT2D eigenvalue weighted by Gasteiger charge is 2.11. The summed E-state index contributed by atoms with van der Waals surface area (Å²) in [6, 6.07) is 1.75. The fourth-order valence-corrected chi connectivity index (χ4v) is 1.42. The molecule has 14 heavy (non-hydrogen) atoms. The molecule has 4 nitrogen and oxygen atoms in total. The maximum atomic E-state index is 5.80.